The van der Waals surface area contributed by atoms with Crippen molar-refractivity contribution in [3.8, 4) is 0 Å². The quantitative estimate of drug-likeness (QED) is 0.844. The Labute approximate surface area is 100 Å². The molecule has 0 fully saturated rings. The fourth-order valence-corrected chi connectivity index (χ4v) is 2.43. The van der Waals surface area contributed by atoms with Crippen molar-refractivity contribution in [1.82, 2.24) is 0 Å². The summed E-state index contributed by atoms with van der Waals surface area (Å²) < 4.78 is 32.3. The number of hydrogen-bond acceptors (Lipinski definition) is 3. The van der Waals surface area contributed by atoms with Gasteiger partial charge in [-0.15, -0.1) is 0 Å². The number of aromatic nitrogens is 1. The Hall–Kier alpha value is -1.56. The molecule has 0 unspecified atom stereocenters. The van der Waals surface area contributed by atoms with E-state index in [2.05, 4.69) is 4.72 Å². The van der Waals surface area contributed by atoms with Gasteiger partial charge in [-0.05, 0) is 13.0 Å². The third kappa shape index (κ3) is 2.41. The predicted molar refractivity (Wildman–Crippen MR) is 65.3 cm³/mol. The molecular weight excluding hydrogens is 240 g/mol. The first-order chi connectivity index (χ1) is 7.90. The molecule has 17 heavy (non-hydrogen) atoms. The summed E-state index contributed by atoms with van der Waals surface area (Å²) in [7, 11) is -3.25. The average molecular weight is 255 g/mol. The largest absolute Gasteiger partial charge is 0.401 e. The van der Waals surface area contributed by atoms with Crippen LogP contribution in [0.15, 0.2) is 22.6 Å². The summed E-state index contributed by atoms with van der Waals surface area (Å²) in [6.07, 6.45) is 1.12. The van der Waals surface area contributed by atoms with Gasteiger partial charge in [0.25, 0.3) is 5.52 Å². The molecule has 1 heterocycles. The standard InChI is InChI=1S/C11H15N2O3S/c1-4-13-8(2)16-11-7-9(5-6-10(11)13)12-17(3,14)15/h5-7,12H,4H2,1-3H3/q+1. The maximum absolute atomic E-state index is 11.1. The second kappa shape index (κ2) is 4.03. The van der Waals surface area contributed by atoms with Gasteiger partial charge in [0.05, 0.1) is 18.9 Å². The average Bonchev–Trinajstić information content (AvgIpc) is 2.50. The van der Waals surface area contributed by atoms with E-state index in [9.17, 15) is 8.42 Å². The summed E-state index contributed by atoms with van der Waals surface area (Å²) in [6.45, 7) is 4.73. The van der Waals surface area contributed by atoms with Crippen molar-refractivity contribution >= 4 is 26.8 Å². The van der Waals surface area contributed by atoms with Gasteiger partial charge in [0.15, 0.2) is 0 Å². The molecule has 0 aliphatic rings. The Morgan fingerprint density at radius 1 is 1.41 bits per heavy atom. The van der Waals surface area contributed by atoms with Crippen molar-refractivity contribution in [1.29, 1.82) is 0 Å². The second-order valence-electron chi connectivity index (χ2n) is 3.92. The molecule has 2 rings (SSSR count). The summed E-state index contributed by atoms with van der Waals surface area (Å²) in [5.74, 6) is 0.805. The van der Waals surface area contributed by atoms with Crippen LogP contribution in [-0.4, -0.2) is 14.7 Å². The van der Waals surface area contributed by atoms with Crippen LogP contribution in [0.5, 0.6) is 0 Å². The minimum Gasteiger partial charge on any atom is -0.401 e. The Balaban J connectivity index is 2.52. The highest BCUT2D eigenvalue weighted by atomic mass is 32.2. The van der Waals surface area contributed by atoms with E-state index < -0.39 is 10.0 Å². The molecular formula is C11H15N2O3S+. The molecule has 0 radical (unpaired) electrons. The van der Waals surface area contributed by atoms with E-state index in [-0.39, 0.29) is 0 Å². The van der Waals surface area contributed by atoms with Gasteiger partial charge in [0, 0.05) is 12.1 Å². The first kappa shape index (κ1) is 11.9. The number of hydrogen-bond donors (Lipinski definition) is 1. The lowest BCUT2D eigenvalue weighted by atomic mass is 10.3. The molecule has 6 heteroatoms. The van der Waals surface area contributed by atoms with E-state index in [0.717, 1.165) is 24.2 Å². The Morgan fingerprint density at radius 3 is 2.71 bits per heavy atom. The molecule has 0 spiro atoms. The topological polar surface area (TPSA) is 63.2 Å². The smallest absolute Gasteiger partial charge is 0.344 e. The van der Waals surface area contributed by atoms with Gasteiger partial charge in [-0.3, -0.25) is 4.72 Å². The van der Waals surface area contributed by atoms with Crippen molar-refractivity contribution in [2.45, 2.75) is 20.4 Å². The van der Waals surface area contributed by atoms with Crippen molar-refractivity contribution in [3.63, 3.8) is 0 Å². The highest BCUT2D eigenvalue weighted by Crippen LogP contribution is 2.19. The van der Waals surface area contributed by atoms with Gasteiger partial charge in [-0.1, -0.05) is 0 Å². The minimum absolute atomic E-state index is 0.511. The zero-order valence-electron chi connectivity index (χ0n) is 10.0. The highest BCUT2D eigenvalue weighted by Gasteiger charge is 2.17. The lowest BCUT2D eigenvalue weighted by molar-refractivity contribution is -0.679. The Kier molecular flexibility index (Phi) is 2.82. The molecule has 0 saturated carbocycles. The van der Waals surface area contributed by atoms with Gasteiger partial charge in [-0.25, -0.2) is 8.42 Å². The van der Waals surface area contributed by atoms with E-state index in [1.54, 1.807) is 12.1 Å². The Bertz CT molecular complexity index is 659. The molecule has 5 nitrogen and oxygen atoms in total. The van der Waals surface area contributed by atoms with E-state index in [0.29, 0.717) is 11.3 Å². The maximum Gasteiger partial charge on any atom is 0.344 e. The van der Waals surface area contributed by atoms with Gasteiger partial charge in [-0.2, -0.15) is 4.57 Å². The van der Waals surface area contributed by atoms with Crippen LogP contribution in [0.3, 0.4) is 0 Å². The van der Waals surface area contributed by atoms with Crippen molar-refractivity contribution in [2.75, 3.05) is 11.0 Å². The van der Waals surface area contributed by atoms with Gasteiger partial charge < -0.3 is 4.42 Å². The van der Waals surface area contributed by atoms with E-state index in [1.165, 1.54) is 0 Å². The third-order valence-electron chi connectivity index (χ3n) is 2.51. The number of nitrogens with one attached hydrogen (secondary N) is 1. The summed E-state index contributed by atoms with van der Waals surface area (Å²) in [5.41, 5.74) is 2.15. The summed E-state index contributed by atoms with van der Waals surface area (Å²) in [6, 6.07) is 5.27. The predicted octanol–water partition coefficient (Wildman–Crippen LogP) is 1.42. The van der Waals surface area contributed by atoms with Crippen LogP contribution < -0.4 is 9.29 Å². The van der Waals surface area contributed by atoms with Crippen LogP contribution in [0.4, 0.5) is 5.69 Å². The van der Waals surface area contributed by atoms with Crippen LogP contribution in [0.25, 0.3) is 11.1 Å². The molecule has 0 bridgehead atoms. The van der Waals surface area contributed by atoms with Crippen LogP contribution in [0.2, 0.25) is 0 Å². The van der Waals surface area contributed by atoms with Crippen molar-refractivity contribution < 1.29 is 17.4 Å². The summed E-state index contributed by atoms with van der Waals surface area (Å²) >= 11 is 0. The van der Waals surface area contributed by atoms with Gasteiger partial charge in [0.1, 0.15) is 6.54 Å². The number of benzene rings is 1. The molecule has 0 atom stereocenters. The molecule has 1 aromatic carbocycles. The number of fused-ring (bicyclic) bond motifs is 1. The molecule has 0 amide bonds. The number of sulfonamides is 1. The molecule has 1 N–H and O–H groups in total. The van der Waals surface area contributed by atoms with E-state index >= 15 is 0 Å². The molecule has 92 valence electrons. The number of rotatable bonds is 3. The van der Waals surface area contributed by atoms with E-state index in [1.807, 2.05) is 24.5 Å². The zero-order valence-corrected chi connectivity index (χ0v) is 10.8. The summed E-state index contributed by atoms with van der Waals surface area (Å²) in [5, 5.41) is 0. The fourth-order valence-electron chi connectivity index (χ4n) is 1.87. The summed E-state index contributed by atoms with van der Waals surface area (Å²) in [4.78, 5) is 0. The minimum atomic E-state index is -3.25. The molecule has 0 saturated heterocycles. The van der Waals surface area contributed by atoms with Gasteiger partial charge in [0.2, 0.25) is 15.6 Å². The monoisotopic (exact) mass is 255 g/mol. The maximum atomic E-state index is 11.1. The fraction of sp³-hybridized carbons (Fsp3) is 0.364. The lowest BCUT2D eigenvalue weighted by Gasteiger charge is -2.01. The molecule has 2 aromatic rings. The first-order valence-electron chi connectivity index (χ1n) is 5.31. The van der Waals surface area contributed by atoms with Crippen molar-refractivity contribution in [3.05, 3.63) is 24.1 Å². The number of anilines is 1. The zero-order chi connectivity index (χ0) is 12.6. The third-order valence-corrected chi connectivity index (χ3v) is 3.11. The SMILES string of the molecule is CC[n+]1c(C)oc2cc(NS(C)(=O)=O)ccc21. The molecule has 0 aliphatic heterocycles. The molecule has 1 aromatic heterocycles. The lowest BCUT2D eigenvalue weighted by Crippen LogP contribution is -2.33. The molecule has 0 aliphatic carbocycles. The van der Waals surface area contributed by atoms with Crippen LogP contribution in [0.1, 0.15) is 12.8 Å². The highest BCUT2D eigenvalue weighted by molar-refractivity contribution is 7.92. The number of nitrogens with zero attached hydrogens (tertiary/aromatic N) is 1. The van der Waals surface area contributed by atoms with Crippen LogP contribution in [-0.2, 0) is 16.6 Å². The normalized spacial score (nSPS) is 11.9. The second-order valence-corrected chi connectivity index (χ2v) is 5.67. The van der Waals surface area contributed by atoms with Crippen molar-refractivity contribution in [2.24, 2.45) is 0 Å². The number of aryl methyl sites for hydroxylation is 2. The van der Waals surface area contributed by atoms with Crippen LogP contribution >= 0.6 is 0 Å². The first-order valence-corrected chi connectivity index (χ1v) is 7.20. The Morgan fingerprint density at radius 2 is 2.12 bits per heavy atom. The van der Waals surface area contributed by atoms with Gasteiger partial charge >= 0.3 is 5.89 Å². The van der Waals surface area contributed by atoms with E-state index in [4.69, 9.17) is 4.42 Å². The van der Waals surface area contributed by atoms with Crippen LogP contribution in [0, 0.1) is 6.92 Å². The number of oxazole rings is 1.